The van der Waals surface area contributed by atoms with Crippen LogP contribution in [0.2, 0.25) is 0 Å². The van der Waals surface area contributed by atoms with Gasteiger partial charge in [-0.3, -0.25) is 9.59 Å². The predicted molar refractivity (Wildman–Crippen MR) is 347 cm³/mol. The van der Waals surface area contributed by atoms with Crippen LogP contribution in [-0.4, -0.2) is 47.4 Å². The number of amides is 1. The van der Waals surface area contributed by atoms with Gasteiger partial charge in [0.05, 0.1) is 25.4 Å². The zero-order chi connectivity index (χ0) is 57.1. The van der Waals surface area contributed by atoms with Gasteiger partial charge in [0.25, 0.3) is 0 Å². The standard InChI is InChI=1S/C73H137NO5/c1-3-5-7-9-11-13-15-17-19-21-23-24-26-30-33-37-41-45-49-53-57-61-65-71(76)70(69-75)74-72(77)66-62-58-54-50-46-42-38-34-31-27-25-28-32-36-40-44-48-52-56-60-64-68-79-73(78)67-63-59-55-51-47-43-39-35-29-22-20-18-16-14-12-10-8-6-4-2/h12,14,18,20,44,48,56,60,70-71,75-76H,3-11,13,15-17,19,21-43,45-47,49-55,57-59,61-69H2,1-2H3,(H,74,77)/b14-12-,20-18-,48-44-,60-56-. The minimum absolute atomic E-state index is 0.0363. The van der Waals surface area contributed by atoms with Gasteiger partial charge in [-0.2, -0.15) is 0 Å². The molecule has 0 aliphatic rings. The molecule has 3 N–H and O–H groups in total. The normalized spacial score (nSPS) is 12.8. The number of ether oxygens (including phenoxy) is 1. The van der Waals surface area contributed by atoms with Gasteiger partial charge < -0.3 is 20.3 Å². The molecule has 0 fully saturated rings. The summed E-state index contributed by atoms with van der Waals surface area (Å²) in [5.41, 5.74) is 0. The van der Waals surface area contributed by atoms with Crippen molar-refractivity contribution < 1.29 is 24.5 Å². The van der Waals surface area contributed by atoms with E-state index in [4.69, 9.17) is 4.74 Å². The Kier molecular flexibility index (Phi) is 66.4. The molecule has 0 aliphatic carbocycles. The molecule has 0 aromatic heterocycles. The van der Waals surface area contributed by atoms with Crippen LogP contribution in [0.5, 0.6) is 0 Å². The van der Waals surface area contributed by atoms with Crippen molar-refractivity contribution in [2.24, 2.45) is 0 Å². The molecule has 1 amide bonds. The van der Waals surface area contributed by atoms with E-state index in [-0.39, 0.29) is 18.5 Å². The minimum atomic E-state index is -0.670. The maximum Gasteiger partial charge on any atom is 0.305 e. The van der Waals surface area contributed by atoms with Crippen LogP contribution >= 0.6 is 0 Å². The molecule has 6 nitrogen and oxygen atoms in total. The van der Waals surface area contributed by atoms with Gasteiger partial charge in [0.2, 0.25) is 5.91 Å². The van der Waals surface area contributed by atoms with Crippen molar-refractivity contribution in [1.29, 1.82) is 0 Å². The molecule has 0 aliphatic heterocycles. The number of esters is 1. The summed E-state index contributed by atoms with van der Waals surface area (Å²) in [6.07, 6.45) is 88.8. The van der Waals surface area contributed by atoms with Crippen LogP contribution in [0, 0.1) is 0 Å². The average molecular weight is 1110 g/mol. The Balaban J connectivity index is 3.44. The van der Waals surface area contributed by atoms with Crippen molar-refractivity contribution in [3.8, 4) is 0 Å². The van der Waals surface area contributed by atoms with Crippen molar-refractivity contribution in [3.05, 3.63) is 48.6 Å². The molecule has 0 heterocycles. The number of hydrogen-bond acceptors (Lipinski definition) is 5. The summed E-state index contributed by atoms with van der Waals surface area (Å²) < 4.78 is 5.44. The highest BCUT2D eigenvalue weighted by Gasteiger charge is 2.20. The van der Waals surface area contributed by atoms with E-state index in [0.717, 1.165) is 57.8 Å². The van der Waals surface area contributed by atoms with Crippen LogP contribution in [0.15, 0.2) is 48.6 Å². The van der Waals surface area contributed by atoms with E-state index in [9.17, 15) is 19.8 Å². The molecule has 464 valence electrons. The second-order valence-electron chi connectivity index (χ2n) is 24.2. The quantitative estimate of drug-likeness (QED) is 0.0320. The first-order valence-electron chi connectivity index (χ1n) is 35.4. The SMILES string of the molecule is CCCCC/C=C\C/C=C\CCCCCCCCCCCC(=O)OCC/C=C\C/C=C\CCCCCCCCCCCCCCCCC(=O)NC(CO)C(O)CCCCCCCCCCCCCCCCCCCCCCCC. The molecule has 6 heteroatoms. The average Bonchev–Trinajstić information content (AvgIpc) is 3.45. The number of rotatable bonds is 66. The second kappa shape index (κ2) is 68.3. The molecule has 0 saturated carbocycles. The summed E-state index contributed by atoms with van der Waals surface area (Å²) in [6.45, 7) is 4.85. The summed E-state index contributed by atoms with van der Waals surface area (Å²) in [6, 6.07) is -0.548. The summed E-state index contributed by atoms with van der Waals surface area (Å²) >= 11 is 0. The molecule has 0 spiro atoms. The Hall–Kier alpha value is -2.18. The molecule has 0 rings (SSSR count). The predicted octanol–water partition coefficient (Wildman–Crippen LogP) is 22.9. The fourth-order valence-electron chi connectivity index (χ4n) is 11.0. The molecule has 79 heavy (non-hydrogen) atoms. The lowest BCUT2D eigenvalue weighted by Crippen LogP contribution is -2.45. The maximum absolute atomic E-state index is 12.5. The minimum Gasteiger partial charge on any atom is -0.465 e. The van der Waals surface area contributed by atoms with Gasteiger partial charge in [-0.05, 0) is 77.0 Å². The van der Waals surface area contributed by atoms with Crippen LogP contribution in [0.25, 0.3) is 0 Å². The molecule has 2 unspecified atom stereocenters. The Bertz CT molecular complexity index is 1320. The first kappa shape index (κ1) is 76.8. The van der Waals surface area contributed by atoms with Crippen LogP contribution in [-0.2, 0) is 14.3 Å². The van der Waals surface area contributed by atoms with Gasteiger partial charge in [-0.15, -0.1) is 0 Å². The lowest BCUT2D eigenvalue weighted by Gasteiger charge is -2.22. The molecular formula is C73H137NO5. The Morgan fingerprint density at radius 3 is 0.987 bits per heavy atom. The van der Waals surface area contributed by atoms with Crippen LogP contribution in [0.3, 0.4) is 0 Å². The van der Waals surface area contributed by atoms with Crippen LogP contribution < -0.4 is 5.32 Å². The Labute approximate surface area is 493 Å². The summed E-state index contributed by atoms with van der Waals surface area (Å²) in [4.78, 5) is 24.6. The Morgan fingerprint density at radius 2 is 0.633 bits per heavy atom. The first-order chi connectivity index (χ1) is 39.0. The summed E-state index contributed by atoms with van der Waals surface area (Å²) in [5, 5.41) is 23.4. The number of nitrogens with one attached hydrogen (secondary N) is 1. The second-order valence-corrected chi connectivity index (χ2v) is 24.2. The van der Waals surface area contributed by atoms with E-state index >= 15 is 0 Å². The van der Waals surface area contributed by atoms with Gasteiger partial charge in [0, 0.05) is 12.8 Å². The van der Waals surface area contributed by atoms with Crippen LogP contribution in [0.1, 0.15) is 380 Å². The number of hydrogen-bond donors (Lipinski definition) is 3. The first-order valence-corrected chi connectivity index (χ1v) is 35.4. The van der Waals surface area contributed by atoms with Crippen LogP contribution in [0.4, 0.5) is 0 Å². The van der Waals surface area contributed by atoms with Crippen molar-refractivity contribution in [3.63, 3.8) is 0 Å². The van der Waals surface area contributed by atoms with Gasteiger partial charge in [-0.25, -0.2) is 0 Å². The largest absolute Gasteiger partial charge is 0.465 e. The van der Waals surface area contributed by atoms with E-state index in [0.29, 0.717) is 25.9 Å². The lowest BCUT2D eigenvalue weighted by atomic mass is 10.0. The summed E-state index contributed by atoms with van der Waals surface area (Å²) in [5.74, 6) is -0.0748. The highest BCUT2D eigenvalue weighted by molar-refractivity contribution is 5.76. The monoisotopic (exact) mass is 1110 g/mol. The van der Waals surface area contributed by atoms with Gasteiger partial charge in [0.1, 0.15) is 0 Å². The number of carbonyl (C=O) groups is 2. The fraction of sp³-hybridized carbons (Fsp3) is 0.863. The van der Waals surface area contributed by atoms with E-state index in [1.807, 2.05) is 0 Å². The lowest BCUT2D eigenvalue weighted by molar-refractivity contribution is -0.143. The third-order valence-corrected chi connectivity index (χ3v) is 16.4. The number of allylic oxidation sites excluding steroid dienone is 7. The van der Waals surface area contributed by atoms with Gasteiger partial charge in [-0.1, -0.05) is 339 Å². The maximum atomic E-state index is 12.5. The van der Waals surface area contributed by atoms with Gasteiger partial charge >= 0.3 is 5.97 Å². The van der Waals surface area contributed by atoms with E-state index < -0.39 is 12.1 Å². The topological polar surface area (TPSA) is 95.9 Å². The molecule has 0 bridgehead atoms. The molecule has 0 aromatic carbocycles. The number of aliphatic hydroxyl groups is 2. The molecule has 0 aromatic rings. The van der Waals surface area contributed by atoms with E-state index in [2.05, 4.69) is 67.8 Å². The fourth-order valence-corrected chi connectivity index (χ4v) is 11.0. The zero-order valence-electron chi connectivity index (χ0n) is 53.1. The van der Waals surface area contributed by atoms with Gasteiger partial charge in [0.15, 0.2) is 0 Å². The van der Waals surface area contributed by atoms with E-state index in [1.54, 1.807) is 0 Å². The third-order valence-electron chi connectivity index (χ3n) is 16.4. The smallest absolute Gasteiger partial charge is 0.305 e. The van der Waals surface area contributed by atoms with Crippen molar-refractivity contribution in [2.75, 3.05) is 13.2 Å². The number of unbranched alkanes of at least 4 members (excludes halogenated alkanes) is 47. The Morgan fingerprint density at radius 1 is 0.354 bits per heavy atom. The van der Waals surface area contributed by atoms with Crippen molar-refractivity contribution >= 4 is 11.9 Å². The highest BCUT2D eigenvalue weighted by atomic mass is 16.5. The highest BCUT2D eigenvalue weighted by Crippen LogP contribution is 2.19. The molecule has 2 atom stereocenters. The number of aliphatic hydroxyl groups excluding tert-OH is 2. The zero-order valence-corrected chi connectivity index (χ0v) is 53.1. The van der Waals surface area contributed by atoms with Crippen molar-refractivity contribution in [2.45, 2.75) is 392 Å². The molecular weight excluding hydrogens is 971 g/mol. The molecule has 0 saturated heterocycles. The molecule has 0 radical (unpaired) electrons. The number of carbonyl (C=O) groups excluding carboxylic acids is 2. The summed E-state index contributed by atoms with van der Waals surface area (Å²) in [7, 11) is 0. The third kappa shape index (κ3) is 64.8. The van der Waals surface area contributed by atoms with Crippen molar-refractivity contribution in [1.82, 2.24) is 5.32 Å². The van der Waals surface area contributed by atoms with E-state index in [1.165, 1.54) is 289 Å².